The first-order chi connectivity index (χ1) is 9.79. The van der Waals surface area contributed by atoms with E-state index in [2.05, 4.69) is 0 Å². The zero-order valence-electron chi connectivity index (χ0n) is 10.9. The van der Waals surface area contributed by atoms with Gasteiger partial charge in [0.1, 0.15) is 13.2 Å². The lowest BCUT2D eigenvalue weighted by molar-refractivity contribution is -0.158. The summed E-state index contributed by atoms with van der Waals surface area (Å²) in [7, 11) is 0. The molecule has 5 nitrogen and oxygen atoms in total. The molecule has 1 atom stereocenters. The number of carbonyl (C=O) groups excluding carboxylic acids is 2. The highest BCUT2D eigenvalue weighted by atomic mass is 19.4. The molecular weight excluding hydrogens is 289 g/mol. The second kappa shape index (κ2) is 5.82. The maximum Gasteiger partial charge on any atom is 0.416 e. The van der Waals surface area contributed by atoms with Gasteiger partial charge in [0.25, 0.3) is 11.8 Å². The molecule has 0 bridgehead atoms. The molecule has 1 unspecified atom stereocenters. The second-order valence-electron chi connectivity index (χ2n) is 4.62. The van der Waals surface area contributed by atoms with Crippen LogP contribution in [0.2, 0.25) is 0 Å². The average molecular weight is 302 g/mol. The second-order valence-corrected chi connectivity index (χ2v) is 4.62. The van der Waals surface area contributed by atoms with Crippen molar-refractivity contribution in [3.63, 3.8) is 0 Å². The number of nitrogens with zero attached hydrogens (tertiary/aromatic N) is 1. The molecule has 0 aliphatic carbocycles. The highest BCUT2D eigenvalue weighted by Gasteiger charge is 2.32. The molecule has 114 valence electrons. The van der Waals surface area contributed by atoms with Gasteiger partial charge in [0, 0.05) is 12.6 Å². The topological polar surface area (TPSA) is 72.6 Å². The van der Waals surface area contributed by atoms with Crippen LogP contribution in [-0.2, 0) is 20.5 Å². The Labute approximate surface area is 118 Å². The van der Waals surface area contributed by atoms with E-state index in [1.165, 1.54) is 12.1 Å². The first-order valence-electron chi connectivity index (χ1n) is 6.12. The number of carbonyl (C=O) groups is 2. The van der Waals surface area contributed by atoms with Crippen molar-refractivity contribution in [1.82, 2.24) is 4.90 Å². The number of alkyl halides is 3. The Morgan fingerprint density at radius 2 is 1.86 bits per heavy atom. The quantitative estimate of drug-likeness (QED) is 0.848. The van der Waals surface area contributed by atoms with Gasteiger partial charge in [0.15, 0.2) is 0 Å². The summed E-state index contributed by atoms with van der Waals surface area (Å²) in [6.07, 6.45) is -4.47. The summed E-state index contributed by atoms with van der Waals surface area (Å²) in [4.78, 5) is 24.0. The molecule has 0 radical (unpaired) electrons. The number of imide groups is 1. The lowest BCUT2D eigenvalue weighted by Crippen LogP contribution is -2.48. The maximum absolute atomic E-state index is 12.6. The van der Waals surface area contributed by atoms with E-state index in [0.29, 0.717) is 0 Å². The summed E-state index contributed by atoms with van der Waals surface area (Å²) >= 11 is 0. The van der Waals surface area contributed by atoms with Crippen LogP contribution in [0.25, 0.3) is 0 Å². The third-order valence-electron chi connectivity index (χ3n) is 3.07. The van der Waals surface area contributed by atoms with E-state index in [1.54, 1.807) is 0 Å². The minimum atomic E-state index is -4.47. The van der Waals surface area contributed by atoms with E-state index in [-0.39, 0.29) is 25.3 Å². The molecule has 1 heterocycles. The zero-order valence-corrected chi connectivity index (χ0v) is 10.9. The average Bonchev–Trinajstić information content (AvgIpc) is 2.42. The molecule has 1 aliphatic heterocycles. The number of ether oxygens (including phenoxy) is 1. The van der Waals surface area contributed by atoms with E-state index in [4.69, 9.17) is 10.5 Å². The van der Waals surface area contributed by atoms with Gasteiger partial charge in [-0.1, -0.05) is 12.1 Å². The third kappa shape index (κ3) is 3.59. The van der Waals surface area contributed by atoms with E-state index in [1.807, 2.05) is 0 Å². The van der Waals surface area contributed by atoms with Gasteiger partial charge in [0.2, 0.25) is 0 Å². The van der Waals surface area contributed by atoms with Crippen LogP contribution in [0, 0.1) is 0 Å². The number of rotatable bonds is 3. The van der Waals surface area contributed by atoms with Gasteiger partial charge in [-0.05, 0) is 17.7 Å². The van der Waals surface area contributed by atoms with E-state index < -0.39 is 29.6 Å². The highest BCUT2D eigenvalue weighted by molar-refractivity contribution is 5.98. The zero-order chi connectivity index (χ0) is 15.6. The molecule has 1 aromatic rings. The van der Waals surface area contributed by atoms with Crippen LogP contribution in [0.3, 0.4) is 0 Å². The van der Waals surface area contributed by atoms with Gasteiger partial charge >= 0.3 is 6.18 Å². The summed E-state index contributed by atoms with van der Waals surface area (Å²) in [5.41, 5.74) is 5.19. The van der Waals surface area contributed by atoms with E-state index in [9.17, 15) is 22.8 Å². The van der Waals surface area contributed by atoms with Crippen molar-refractivity contribution >= 4 is 11.8 Å². The largest absolute Gasteiger partial charge is 0.416 e. The summed E-state index contributed by atoms with van der Waals surface area (Å²) in [6, 6.07) is 3.62. The minimum Gasteiger partial charge on any atom is -0.362 e. The number of hydrogen-bond acceptors (Lipinski definition) is 4. The minimum absolute atomic E-state index is 0.178. The fourth-order valence-electron chi connectivity index (χ4n) is 1.97. The Morgan fingerprint density at radius 1 is 1.24 bits per heavy atom. The van der Waals surface area contributed by atoms with Crippen molar-refractivity contribution in [1.29, 1.82) is 0 Å². The van der Waals surface area contributed by atoms with E-state index >= 15 is 0 Å². The molecule has 1 aliphatic rings. The first kappa shape index (κ1) is 15.5. The van der Waals surface area contributed by atoms with Gasteiger partial charge in [-0.15, -0.1) is 0 Å². The van der Waals surface area contributed by atoms with Crippen molar-refractivity contribution in [2.24, 2.45) is 5.73 Å². The molecule has 0 spiro atoms. The van der Waals surface area contributed by atoms with E-state index in [0.717, 1.165) is 17.0 Å². The van der Waals surface area contributed by atoms with Gasteiger partial charge in [-0.3, -0.25) is 14.5 Å². The molecule has 2 N–H and O–H groups in total. The van der Waals surface area contributed by atoms with Crippen LogP contribution in [0.15, 0.2) is 24.3 Å². The predicted molar refractivity (Wildman–Crippen MR) is 65.9 cm³/mol. The molecular formula is C13H13F3N2O3. The predicted octanol–water partition coefficient (Wildman–Crippen LogP) is 1.09. The number of benzene rings is 1. The number of amides is 2. The standard InChI is InChI=1S/C13H13F3N2O3/c14-13(15,16)9-3-1-2-8(4-9)10(17)5-18-11(19)6-21-7-12(18)20/h1-4,10H,5-7,17H2. The van der Waals surface area contributed by atoms with Gasteiger partial charge < -0.3 is 10.5 Å². The van der Waals surface area contributed by atoms with Crippen molar-refractivity contribution < 1.29 is 27.5 Å². The SMILES string of the molecule is NC(CN1C(=O)COCC1=O)c1cccc(C(F)(F)F)c1. The molecule has 0 saturated carbocycles. The summed E-state index contributed by atoms with van der Waals surface area (Å²) < 4.78 is 42.7. The molecule has 2 rings (SSSR count). The molecule has 8 heteroatoms. The monoisotopic (exact) mass is 302 g/mol. The van der Waals surface area contributed by atoms with Crippen LogP contribution in [0.1, 0.15) is 17.2 Å². The molecule has 2 amide bonds. The third-order valence-corrected chi connectivity index (χ3v) is 3.07. The number of hydrogen-bond donors (Lipinski definition) is 1. The Kier molecular flexibility index (Phi) is 4.29. The van der Waals surface area contributed by atoms with Gasteiger partial charge in [0.05, 0.1) is 5.56 Å². The van der Waals surface area contributed by atoms with Crippen LogP contribution < -0.4 is 5.73 Å². The first-order valence-corrected chi connectivity index (χ1v) is 6.12. The lowest BCUT2D eigenvalue weighted by Gasteiger charge is -2.27. The molecule has 1 saturated heterocycles. The van der Waals surface area contributed by atoms with Crippen molar-refractivity contribution in [3.05, 3.63) is 35.4 Å². The van der Waals surface area contributed by atoms with Gasteiger partial charge in [-0.2, -0.15) is 13.2 Å². The molecule has 1 fully saturated rings. The summed E-state index contributed by atoms with van der Waals surface area (Å²) in [5.74, 6) is -1.10. The maximum atomic E-state index is 12.6. The fourth-order valence-corrected chi connectivity index (χ4v) is 1.97. The summed E-state index contributed by atoms with van der Waals surface area (Å²) in [6.45, 7) is -0.648. The Hall–Kier alpha value is -1.93. The number of morpholine rings is 1. The summed E-state index contributed by atoms with van der Waals surface area (Å²) in [5, 5.41) is 0. The molecule has 0 aromatic heterocycles. The Balaban J connectivity index is 2.15. The normalized spacial score (nSPS) is 18.0. The van der Waals surface area contributed by atoms with Gasteiger partial charge in [-0.25, -0.2) is 0 Å². The van der Waals surface area contributed by atoms with Crippen LogP contribution >= 0.6 is 0 Å². The number of halogens is 3. The molecule has 1 aromatic carbocycles. The van der Waals surface area contributed by atoms with Crippen LogP contribution in [0.5, 0.6) is 0 Å². The Morgan fingerprint density at radius 3 is 2.43 bits per heavy atom. The Bertz CT molecular complexity index is 544. The van der Waals surface area contributed by atoms with Crippen molar-refractivity contribution in [3.8, 4) is 0 Å². The number of nitrogens with two attached hydrogens (primary N) is 1. The smallest absolute Gasteiger partial charge is 0.362 e. The van der Waals surface area contributed by atoms with Crippen LogP contribution in [0.4, 0.5) is 13.2 Å². The highest BCUT2D eigenvalue weighted by Crippen LogP contribution is 2.30. The van der Waals surface area contributed by atoms with Crippen LogP contribution in [-0.4, -0.2) is 36.5 Å². The van der Waals surface area contributed by atoms with Crippen molar-refractivity contribution in [2.45, 2.75) is 12.2 Å². The van der Waals surface area contributed by atoms with Crippen molar-refractivity contribution in [2.75, 3.05) is 19.8 Å². The fraction of sp³-hybridized carbons (Fsp3) is 0.385. The lowest BCUT2D eigenvalue weighted by atomic mass is 10.0. The molecule has 21 heavy (non-hydrogen) atoms.